The highest BCUT2D eigenvalue weighted by Crippen LogP contribution is 2.60. The average molecular weight is 1410 g/mol. The van der Waals surface area contributed by atoms with Crippen LogP contribution in [-0.2, 0) is 98.0 Å². The van der Waals surface area contributed by atoms with Gasteiger partial charge in [-0.1, -0.05) is 23.9 Å². The number of nitrogens with zero attached hydrogens (tertiary/aromatic N) is 2. The number of hydrogen-bond acceptors (Lipinski definition) is 20. The first-order valence-electron chi connectivity index (χ1n) is 24.9. The van der Waals surface area contributed by atoms with Gasteiger partial charge < -0.3 is 28.6 Å². The Balaban J connectivity index is 0.000000456. The maximum atomic E-state index is 14.0. The number of ether oxygens (including phenoxy) is 5. The molecule has 1 heterocycles. The topological polar surface area (TPSA) is 361 Å². The second kappa shape index (κ2) is 28.8. The lowest BCUT2D eigenvalue weighted by Gasteiger charge is -2.60. The Morgan fingerprint density at radius 2 is 1.03 bits per heavy atom. The number of carbonyl (C=O) groups excluding carboxylic acids is 5. The number of halogens is 14. The van der Waals surface area contributed by atoms with E-state index < -0.39 is 170 Å². The Hall–Kier alpha value is -4.86. The lowest BCUT2D eigenvalue weighted by molar-refractivity contribution is -0.247. The van der Waals surface area contributed by atoms with Gasteiger partial charge in [0.25, 0.3) is 20.0 Å². The molecule has 5 rings (SSSR count). The summed E-state index contributed by atoms with van der Waals surface area (Å²) in [5.41, 5.74) is -6.83. The minimum atomic E-state index is -7.11. The molecule has 0 aromatic rings. The van der Waals surface area contributed by atoms with Crippen LogP contribution in [0.4, 0.5) is 61.5 Å². The molecule has 1 amide bonds. The van der Waals surface area contributed by atoms with Gasteiger partial charge in [-0.3, -0.25) is 13.9 Å². The zero-order valence-electron chi connectivity index (χ0n) is 46.1. The highest BCUT2D eigenvalue weighted by molar-refractivity contribution is 8.05. The second-order valence-corrected chi connectivity index (χ2v) is 28.9. The van der Waals surface area contributed by atoms with Crippen molar-refractivity contribution in [1.29, 1.82) is 0 Å². The van der Waals surface area contributed by atoms with E-state index in [1.165, 1.54) is 13.8 Å². The molecule has 3 unspecified atom stereocenters. The summed E-state index contributed by atoms with van der Waals surface area (Å²) in [6, 6.07) is 0. The maximum Gasteiger partial charge on any atom is 0.512 e. The third kappa shape index (κ3) is 18.9. The molecular weight excluding hydrogens is 1350 g/mol. The van der Waals surface area contributed by atoms with E-state index in [4.69, 9.17) is 23.3 Å². The molecule has 88 heavy (non-hydrogen) atoms. The molecular formula is C44H59F14N3O22S5. The zero-order valence-corrected chi connectivity index (χ0v) is 50.2. The minimum Gasteiger partial charge on any atom is -0.462 e. The minimum absolute atomic E-state index is 0.0470. The molecule has 510 valence electrons. The number of esters is 4. The molecule has 1 aliphatic heterocycles. The average Bonchev–Trinajstić information content (AvgIpc) is 0.791. The molecule has 0 aromatic carbocycles. The van der Waals surface area contributed by atoms with Crippen molar-refractivity contribution < 1.29 is 160 Å². The van der Waals surface area contributed by atoms with Crippen molar-refractivity contribution >= 4 is 80.1 Å². The smallest absolute Gasteiger partial charge is 0.462 e. The molecule has 5 fully saturated rings. The van der Waals surface area contributed by atoms with Gasteiger partial charge in [-0.2, -0.15) is 78.2 Å². The van der Waals surface area contributed by atoms with E-state index in [9.17, 15) is 128 Å². The molecule has 25 nitrogen and oxygen atoms in total. The highest BCUT2D eigenvalue weighted by Gasteiger charge is 2.82. The summed E-state index contributed by atoms with van der Waals surface area (Å²) in [4.78, 5) is 58.4. The quantitative estimate of drug-likeness (QED) is 0.0224. The number of hydrogen-bond donors (Lipinski definition) is 3. The lowest BCUT2D eigenvalue weighted by Crippen LogP contribution is -2.64. The van der Waals surface area contributed by atoms with Crippen molar-refractivity contribution in [3.05, 3.63) is 36.5 Å². The highest BCUT2D eigenvalue weighted by atomic mass is 32.3. The molecule has 44 heteroatoms. The van der Waals surface area contributed by atoms with Crippen LogP contribution in [0.2, 0.25) is 0 Å². The predicted octanol–water partition coefficient (Wildman–Crippen LogP) is 5.28. The molecule has 3 N–H and O–H groups in total. The Kier molecular flexibility index (Phi) is 25.9. The number of unbranched alkanes of at least 4 members (excludes halogenated alkanes) is 1. The van der Waals surface area contributed by atoms with Gasteiger partial charge in [-0.25, -0.2) is 48.8 Å². The molecule has 1 saturated heterocycles. The Morgan fingerprint density at radius 1 is 0.591 bits per heavy atom. The van der Waals surface area contributed by atoms with Gasteiger partial charge in [0, 0.05) is 68.8 Å². The molecule has 4 saturated carbocycles. The fourth-order valence-electron chi connectivity index (χ4n) is 8.98. The molecule has 4 aliphatic carbocycles. The van der Waals surface area contributed by atoms with Crippen LogP contribution >= 0.6 is 0 Å². The van der Waals surface area contributed by atoms with Crippen LogP contribution in [0.15, 0.2) is 36.5 Å². The SMILES string of the molecule is C=C(C)C(=O)OC12CC3CC(CC(OCCCCOC(=O)C(F)(F)S(=O)(=O)O)(C3)C1)C2.C=C(C)C(=O)OCCC(F)C(F)(F)S(=O)(=O)NS(=O)(=O)C(F)(F)F.C=C(C)C(=O)OCCCC(=O)N1CCN(S(=O)(=O)C(F)(F)C(F)(F)C(F)(F)S(=O)(=O)O)CC1. The van der Waals surface area contributed by atoms with Crippen LogP contribution < -0.4 is 4.13 Å². The summed E-state index contributed by atoms with van der Waals surface area (Å²) in [7, 11) is -32.8. The van der Waals surface area contributed by atoms with Gasteiger partial charge in [0.1, 0.15) is 5.60 Å². The van der Waals surface area contributed by atoms with Crippen molar-refractivity contribution in [3.8, 4) is 0 Å². The number of rotatable bonds is 28. The van der Waals surface area contributed by atoms with Gasteiger partial charge in [-0.15, -0.1) is 0 Å². The largest absolute Gasteiger partial charge is 0.512 e. The zero-order chi connectivity index (χ0) is 68.7. The standard InChI is InChI=1S/C20H28F2O8S.C15H20F6N2O8S2.C9H11F6NO6S2/c1-13(2)16(23)30-19-10-14-7-15(11-19)9-18(8-14,12-19)29-6-4-3-5-28-17(24)20(21,22)31(25,26)27;1-10(2)12(25)31-9-3-4-11(24)22-5-7-23(8-6-22)32(26,27)14(18,19)13(16,17)15(20,21)33(28,29)30;1-5(2)7(17)22-4-3-6(10)8(11,12)23(18,19)16-24(20,21)9(13,14)15/h14-15H,1,3-12H2,2H3,(H,25,26,27);1,3-9H2,2H3,(H,28,29,30);6,16H,1,3-4H2,2H3. The second-order valence-electron chi connectivity index (χ2n) is 20.3. The third-order valence-corrected chi connectivity index (χ3v) is 20.0. The molecule has 3 atom stereocenters. The van der Waals surface area contributed by atoms with Gasteiger partial charge in [0.2, 0.25) is 5.91 Å². The molecule has 5 aliphatic rings. The monoisotopic (exact) mass is 1410 g/mol. The van der Waals surface area contributed by atoms with E-state index in [-0.39, 0.29) is 51.4 Å². The van der Waals surface area contributed by atoms with Crippen LogP contribution in [0.3, 0.4) is 0 Å². The summed E-state index contributed by atoms with van der Waals surface area (Å²) in [5.74, 6) is -11.3. The number of piperazine rings is 1. The van der Waals surface area contributed by atoms with E-state index >= 15 is 0 Å². The van der Waals surface area contributed by atoms with Crippen molar-refractivity contribution in [2.24, 2.45) is 11.8 Å². The fourth-order valence-corrected chi connectivity index (χ4v) is 13.6. The Morgan fingerprint density at radius 3 is 1.48 bits per heavy atom. The Labute approximate surface area is 494 Å². The molecule has 0 spiro atoms. The van der Waals surface area contributed by atoms with Crippen LogP contribution in [0.25, 0.3) is 0 Å². The summed E-state index contributed by atoms with van der Waals surface area (Å²) < 4.78 is 335. The van der Waals surface area contributed by atoms with E-state index in [0.717, 1.165) is 37.0 Å². The predicted molar refractivity (Wildman–Crippen MR) is 269 cm³/mol. The first-order valence-corrected chi connectivity index (χ1v) is 32.2. The van der Waals surface area contributed by atoms with E-state index in [1.807, 2.05) is 0 Å². The van der Waals surface area contributed by atoms with E-state index in [2.05, 4.69) is 29.2 Å². The number of amides is 1. The van der Waals surface area contributed by atoms with Crippen LogP contribution in [-0.4, -0.2) is 193 Å². The number of sulfonamides is 3. The van der Waals surface area contributed by atoms with Crippen molar-refractivity contribution in [2.75, 3.05) is 52.6 Å². The van der Waals surface area contributed by atoms with Crippen LogP contribution in [0, 0.1) is 11.8 Å². The third-order valence-electron chi connectivity index (χ3n) is 13.0. The van der Waals surface area contributed by atoms with Gasteiger partial charge >= 0.3 is 86.6 Å². The summed E-state index contributed by atoms with van der Waals surface area (Å²) >= 11 is 0. The molecule has 0 radical (unpaired) electrons. The molecule has 0 aromatic heterocycles. The van der Waals surface area contributed by atoms with Gasteiger partial charge in [0.15, 0.2) is 6.17 Å². The summed E-state index contributed by atoms with van der Waals surface area (Å²) in [6.45, 7) is 9.84. The van der Waals surface area contributed by atoms with Crippen LogP contribution in [0.1, 0.15) is 91.4 Å². The van der Waals surface area contributed by atoms with Gasteiger partial charge in [-0.05, 0) is 84.0 Å². The van der Waals surface area contributed by atoms with E-state index in [1.54, 1.807) is 6.92 Å². The van der Waals surface area contributed by atoms with Crippen LogP contribution in [0.5, 0.6) is 0 Å². The van der Waals surface area contributed by atoms with Gasteiger partial charge in [0.05, 0.1) is 25.4 Å². The first kappa shape index (κ1) is 79.2. The summed E-state index contributed by atoms with van der Waals surface area (Å²) in [5, 5.41) is -24.0. The van der Waals surface area contributed by atoms with Crippen molar-refractivity contribution in [2.45, 2.75) is 141 Å². The lowest BCUT2D eigenvalue weighted by atomic mass is 9.52. The van der Waals surface area contributed by atoms with E-state index in [0.29, 0.717) is 36.9 Å². The van der Waals surface area contributed by atoms with Crippen molar-refractivity contribution in [3.63, 3.8) is 0 Å². The molecule has 4 bridgehead atoms. The first-order chi connectivity index (χ1) is 39.4. The summed E-state index contributed by atoms with van der Waals surface area (Å²) in [6.07, 6.45) is 0.462. The van der Waals surface area contributed by atoms with Crippen molar-refractivity contribution in [1.82, 2.24) is 13.3 Å². The Bertz CT molecular complexity index is 3200. The fraction of sp³-hybridized carbons (Fsp3) is 0.750. The maximum absolute atomic E-state index is 14.0. The number of alkyl halides is 14. The number of nitrogens with one attached hydrogen (secondary N) is 1. The normalized spacial score (nSPS) is 21.7. The number of carbonyl (C=O) groups is 5.